The van der Waals surface area contributed by atoms with Crippen LogP contribution in [0.3, 0.4) is 0 Å². The van der Waals surface area contributed by atoms with E-state index in [0.29, 0.717) is 17.4 Å². The highest BCUT2D eigenvalue weighted by atomic mass is 35.5. The molecule has 0 saturated carbocycles. The molecule has 6 nitrogen and oxygen atoms in total. The Bertz CT molecular complexity index is 507. The zero-order chi connectivity index (χ0) is 15.2. The quantitative estimate of drug-likeness (QED) is 0.747. The summed E-state index contributed by atoms with van der Waals surface area (Å²) in [5.41, 5.74) is 5.58. The lowest BCUT2D eigenvalue weighted by Crippen LogP contribution is -2.46. The van der Waals surface area contributed by atoms with Gasteiger partial charge in [-0.05, 0) is 50.6 Å². The van der Waals surface area contributed by atoms with Crippen LogP contribution in [0, 0.1) is 0 Å². The van der Waals surface area contributed by atoms with Crippen molar-refractivity contribution in [3.63, 3.8) is 0 Å². The van der Waals surface area contributed by atoms with Crippen molar-refractivity contribution < 1.29 is 14.3 Å². The summed E-state index contributed by atoms with van der Waals surface area (Å²) in [6, 6.07) is 7.30. The molecule has 1 saturated heterocycles. The third-order valence-electron chi connectivity index (χ3n) is 3.46. The molecule has 0 radical (unpaired) electrons. The van der Waals surface area contributed by atoms with E-state index in [1.54, 1.807) is 24.3 Å². The maximum atomic E-state index is 12.2. The Morgan fingerprint density at radius 3 is 2.64 bits per heavy atom. The number of amides is 2. The molecule has 0 bridgehead atoms. The van der Waals surface area contributed by atoms with Gasteiger partial charge >= 0.3 is 0 Å². The molecule has 4 N–H and O–H groups in total. The fraction of sp³-hybridized carbons (Fsp3) is 0.467. The van der Waals surface area contributed by atoms with Crippen LogP contribution in [-0.2, 0) is 4.79 Å². The van der Waals surface area contributed by atoms with Crippen LogP contribution < -0.4 is 21.1 Å². The second kappa shape index (κ2) is 8.60. The van der Waals surface area contributed by atoms with E-state index in [4.69, 9.17) is 10.5 Å². The van der Waals surface area contributed by atoms with Crippen molar-refractivity contribution >= 4 is 24.2 Å². The van der Waals surface area contributed by atoms with Gasteiger partial charge in [0.25, 0.3) is 11.8 Å². The van der Waals surface area contributed by atoms with E-state index in [0.717, 1.165) is 19.4 Å². The number of benzene rings is 1. The molecule has 7 heteroatoms. The maximum absolute atomic E-state index is 12.2. The van der Waals surface area contributed by atoms with Gasteiger partial charge in [-0.15, -0.1) is 12.4 Å². The highest BCUT2D eigenvalue weighted by Crippen LogP contribution is 2.13. The smallest absolute Gasteiger partial charge is 0.255 e. The van der Waals surface area contributed by atoms with Crippen LogP contribution >= 0.6 is 12.4 Å². The molecule has 2 atom stereocenters. The lowest BCUT2D eigenvalue weighted by atomic mass is 10.0. The van der Waals surface area contributed by atoms with E-state index in [1.165, 1.54) is 0 Å². The van der Waals surface area contributed by atoms with Crippen molar-refractivity contribution in [3.8, 4) is 5.75 Å². The molecule has 2 unspecified atom stereocenters. The molecule has 0 spiro atoms. The molecule has 1 aliphatic heterocycles. The third-order valence-corrected chi connectivity index (χ3v) is 3.46. The maximum Gasteiger partial charge on any atom is 0.255 e. The molecule has 1 heterocycles. The zero-order valence-electron chi connectivity index (χ0n) is 12.5. The lowest BCUT2D eigenvalue weighted by Gasteiger charge is -2.28. The van der Waals surface area contributed by atoms with Gasteiger partial charge in [-0.25, -0.2) is 0 Å². The molecular weight excluding hydrogens is 306 g/mol. The first-order valence-corrected chi connectivity index (χ1v) is 7.10. The lowest BCUT2D eigenvalue weighted by molar-refractivity contribution is -0.119. The van der Waals surface area contributed by atoms with Gasteiger partial charge < -0.3 is 21.1 Å². The minimum absolute atomic E-state index is 0. The second-order valence-corrected chi connectivity index (χ2v) is 5.33. The fourth-order valence-electron chi connectivity index (χ4n) is 2.39. The van der Waals surface area contributed by atoms with Gasteiger partial charge in [0.2, 0.25) is 0 Å². The van der Waals surface area contributed by atoms with E-state index in [-0.39, 0.29) is 31.0 Å². The van der Waals surface area contributed by atoms with Gasteiger partial charge in [-0.2, -0.15) is 0 Å². The van der Waals surface area contributed by atoms with Crippen LogP contribution in [0.25, 0.3) is 0 Å². The number of piperidine rings is 1. The summed E-state index contributed by atoms with van der Waals surface area (Å²) in [7, 11) is 0. The number of primary amides is 1. The van der Waals surface area contributed by atoms with Crippen molar-refractivity contribution in [1.82, 2.24) is 10.6 Å². The van der Waals surface area contributed by atoms with Crippen molar-refractivity contribution in [2.24, 2.45) is 5.73 Å². The fourth-order valence-corrected chi connectivity index (χ4v) is 2.39. The van der Waals surface area contributed by atoms with E-state index < -0.39 is 5.91 Å². The number of halogens is 1. The van der Waals surface area contributed by atoms with Gasteiger partial charge in [0, 0.05) is 17.6 Å². The first kappa shape index (κ1) is 18.3. The molecule has 1 fully saturated rings. The number of hydrogen-bond acceptors (Lipinski definition) is 4. The van der Waals surface area contributed by atoms with Gasteiger partial charge in [-0.1, -0.05) is 0 Å². The summed E-state index contributed by atoms with van der Waals surface area (Å²) < 4.78 is 5.15. The molecule has 1 aromatic rings. The van der Waals surface area contributed by atoms with Crippen LogP contribution in [0.15, 0.2) is 24.3 Å². The largest absolute Gasteiger partial charge is 0.484 e. The van der Waals surface area contributed by atoms with Crippen molar-refractivity contribution in [2.75, 3.05) is 13.2 Å². The normalized spacial score (nSPS) is 20.6. The summed E-state index contributed by atoms with van der Waals surface area (Å²) >= 11 is 0. The summed E-state index contributed by atoms with van der Waals surface area (Å²) in [6.07, 6.45) is 1.88. The molecular formula is C15H22ClN3O3. The van der Waals surface area contributed by atoms with Gasteiger partial charge in [-0.3, -0.25) is 9.59 Å². The standard InChI is InChI=1S/C15H21N3O3.ClH/c1-10-8-12(6-7-17-10)18-15(20)11-2-4-13(5-3-11)21-9-14(16)19;/h2-5,10,12,17H,6-9H2,1H3,(H2,16,19)(H,18,20);1H. The predicted molar refractivity (Wildman–Crippen MR) is 86.3 cm³/mol. The minimum atomic E-state index is -0.531. The summed E-state index contributed by atoms with van der Waals surface area (Å²) in [4.78, 5) is 22.8. The van der Waals surface area contributed by atoms with Gasteiger partial charge in [0.05, 0.1) is 0 Å². The summed E-state index contributed by atoms with van der Waals surface area (Å²) in [5, 5.41) is 6.39. The number of nitrogens with two attached hydrogens (primary N) is 1. The van der Waals surface area contributed by atoms with Gasteiger partial charge in [0.1, 0.15) is 5.75 Å². The highest BCUT2D eigenvalue weighted by Gasteiger charge is 2.20. The summed E-state index contributed by atoms with van der Waals surface area (Å²) in [5.74, 6) is -0.103. The number of nitrogens with one attached hydrogen (secondary N) is 2. The van der Waals surface area contributed by atoms with Crippen LogP contribution in [0.1, 0.15) is 30.1 Å². The Morgan fingerprint density at radius 1 is 1.36 bits per heavy atom. The molecule has 22 heavy (non-hydrogen) atoms. The molecule has 2 amide bonds. The first-order valence-electron chi connectivity index (χ1n) is 7.10. The van der Waals surface area contributed by atoms with E-state index in [1.807, 2.05) is 0 Å². The topological polar surface area (TPSA) is 93.4 Å². The third kappa shape index (κ3) is 5.54. The predicted octanol–water partition coefficient (Wildman–Crippen LogP) is 0.843. The monoisotopic (exact) mass is 327 g/mol. The average molecular weight is 328 g/mol. The number of hydrogen-bond donors (Lipinski definition) is 3. The van der Waals surface area contributed by atoms with E-state index >= 15 is 0 Å². The highest BCUT2D eigenvalue weighted by molar-refractivity contribution is 5.94. The Hall–Kier alpha value is -1.79. The summed E-state index contributed by atoms with van der Waals surface area (Å²) in [6.45, 7) is 2.87. The zero-order valence-corrected chi connectivity index (χ0v) is 13.3. The van der Waals surface area contributed by atoms with Crippen LogP contribution in [0.4, 0.5) is 0 Å². The number of rotatable bonds is 5. The number of carbonyl (C=O) groups excluding carboxylic acids is 2. The molecule has 0 aliphatic carbocycles. The minimum Gasteiger partial charge on any atom is -0.484 e. The van der Waals surface area contributed by atoms with Crippen LogP contribution in [-0.4, -0.2) is 37.0 Å². The second-order valence-electron chi connectivity index (χ2n) is 5.33. The van der Waals surface area contributed by atoms with Crippen LogP contribution in [0.2, 0.25) is 0 Å². The van der Waals surface area contributed by atoms with Crippen molar-refractivity contribution in [1.29, 1.82) is 0 Å². The van der Waals surface area contributed by atoms with Gasteiger partial charge in [0.15, 0.2) is 6.61 Å². The van der Waals surface area contributed by atoms with Crippen LogP contribution in [0.5, 0.6) is 5.75 Å². The first-order chi connectivity index (χ1) is 10.0. The molecule has 122 valence electrons. The Labute approximate surface area is 136 Å². The van der Waals surface area contributed by atoms with E-state index in [9.17, 15) is 9.59 Å². The molecule has 0 aromatic heterocycles. The van der Waals surface area contributed by atoms with E-state index in [2.05, 4.69) is 17.6 Å². The Morgan fingerprint density at radius 2 is 2.05 bits per heavy atom. The molecule has 1 aliphatic rings. The molecule has 1 aromatic carbocycles. The Balaban J connectivity index is 0.00000242. The molecule has 2 rings (SSSR count). The Kier molecular flexibility index (Phi) is 7.14. The SMILES string of the molecule is CC1CC(NC(=O)c2ccc(OCC(N)=O)cc2)CCN1.Cl. The van der Waals surface area contributed by atoms with Crippen molar-refractivity contribution in [2.45, 2.75) is 31.8 Å². The number of ether oxygens (including phenoxy) is 1. The average Bonchev–Trinajstić information content (AvgIpc) is 2.45. The van der Waals surface area contributed by atoms with Crippen molar-refractivity contribution in [3.05, 3.63) is 29.8 Å². The number of carbonyl (C=O) groups is 2.